The maximum absolute atomic E-state index is 5.89. The average Bonchev–Trinajstić information content (AvgIpc) is 2.47. The minimum absolute atomic E-state index is 0.109. The topological polar surface area (TPSA) is 38.0 Å². The van der Waals surface area contributed by atoms with Crippen molar-refractivity contribution in [1.82, 2.24) is 0 Å². The van der Waals surface area contributed by atoms with Crippen molar-refractivity contribution in [3.8, 4) is 0 Å². The Balaban J connectivity index is 2.13. The summed E-state index contributed by atoms with van der Waals surface area (Å²) in [6.45, 7) is 4.94. The van der Waals surface area contributed by atoms with Crippen molar-refractivity contribution in [3.05, 3.63) is 64.7 Å². The van der Waals surface area contributed by atoms with Crippen molar-refractivity contribution in [1.29, 1.82) is 0 Å². The summed E-state index contributed by atoms with van der Waals surface area (Å²) in [5.74, 6) is 0.546. The molecule has 106 valence electrons. The Kier molecular flexibility index (Phi) is 5.05. The van der Waals surface area contributed by atoms with Crippen molar-refractivity contribution in [2.75, 3.05) is 11.9 Å². The highest BCUT2D eigenvalue weighted by atomic mass is 35.5. The van der Waals surface area contributed by atoms with Crippen molar-refractivity contribution >= 4 is 17.3 Å². The number of halogens is 1. The Morgan fingerprint density at radius 1 is 0.950 bits per heavy atom. The summed E-state index contributed by atoms with van der Waals surface area (Å²) in [7, 11) is 0. The Labute approximate surface area is 126 Å². The van der Waals surface area contributed by atoms with E-state index in [1.165, 1.54) is 11.1 Å². The monoisotopic (exact) mass is 288 g/mol. The number of anilines is 1. The summed E-state index contributed by atoms with van der Waals surface area (Å²) in [5.41, 5.74) is 9.46. The lowest BCUT2D eigenvalue weighted by molar-refractivity contribution is 0.786. The van der Waals surface area contributed by atoms with Crippen molar-refractivity contribution < 1.29 is 0 Å². The smallest absolute Gasteiger partial charge is 0.0636 e. The molecule has 0 saturated carbocycles. The van der Waals surface area contributed by atoms with E-state index in [9.17, 15) is 0 Å². The first-order chi connectivity index (χ1) is 9.60. The molecule has 0 aliphatic heterocycles. The number of benzene rings is 2. The van der Waals surface area contributed by atoms with Crippen LogP contribution in [0.5, 0.6) is 0 Å². The van der Waals surface area contributed by atoms with E-state index >= 15 is 0 Å². The number of hydrogen-bond acceptors (Lipinski definition) is 2. The molecule has 0 aliphatic rings. The van der Waals surface area contributed by atoms with E-state index < -0.39 is 0 Å². The van der Waals surface area contributed by atoms with Gasteiger partial charge in [-0.15, -0.1) is 0 Å². The lowest BCUT2D eigenvalue weighted by atomic mass is 9.99. The zero-order valence-corrected chi connectivity index (χ0v) is 12.7. The largest absolute Gasteiger partial charge is 0.377 e. The molecule has 0 spiro atoms. The molecule has 0 bridgehead atoms. The summed E-state index contributed by atoms with van der Waals surface area (Å²) in [4.78, 5) is 0. The standard InChI is InChI=1S/C17H21ClN2/c1-12(2)13-3-5-14(6-4-13)17(11-19)20-16-9-7-15(18)8-10-16/h3-10,12,17,20H,11,19H2,1-2H3. The summed E-state index contributed by atoms with van der Waals surface area (Å²) in [6, 6.07) is 16.4. The first kappa shape index (κ1) is 14.9. The second-order valence-electron chi connectivity index (χ2n) is 5.26. The maximum Gasteiger partial charge on any atom is 0.0636 e. The van der Waals surface area contributed by atoms with Gasteiger partial charge in [-0.3, -0.25) is 0 Å². The van der Waals surface area contributed by atoms with Crippen LogP contribution in [0, 0.1) is 0 Å². The van der Waals surface area contributed by atoms with Gasteiger partial charge in [0, 0.05) is 17.3 Å². The second-order valence-corrected chi connectivity index (χ2v) is 5.70. The molecule has 2 rings (SSSR count). The Morgan fingerprint density at radius 2 is 1.50 bits per heavy atom. The highest BCUT2D eigenvalue weighted by Crippen LogP contribution is 2.22. The molecule has 0 fully saturated rings. The molecule has 0 saturated heterocycles. The first-order valence-electron chi connectivity index (χ1n) is 6.92. The van der Waals surface area contributed by atoms with Gasteiger partial charge in [-0.05, 0) is 41.3 Å². The molecular weight excluding hydrogens is 268 g/mol. The van der Waals surface area contributed by atoms with E-state index in [-0.39, 0.29) is 6.04 Å². The van der Waals surface area contributed by atoms with Gasteiger partial charge in [0.1, 0.15) is 0 Å². The fraction of sp³-hybridized carbons (Fsp3) is 0.294. The van der Waals surface area contributed by atoms with Gasteiger partial charge in [-0.25, -0.2) is 0 Å². The first-order valence-corrected chi connectivity index (χ1v) is 7.30. The lowest BCUT2D eigenvalue weighted by Crippen LogP contribution is -2.20. The van der Waals surface area contributed by atoms with Crippen LogP contribution in [0.3, 0.4) is 0 Å². The zero-order chi connectivity index (χ0) is 14.5. The minimum atomic E-state index is 0.109. The van der Waals surface area contributed by atoms with Crippen LogP contribution in [0.15, 0.2) is 48.5 Å². The van der Waals surface area contributed by atoms with Crippen LogP contribution >= 0.6 is 11.6 Å². The molecule has 0 radical (unpaired) electrons. The van der Waals surface area contributed by atoms with Crippen LogP contribution in [0.1, 0.15) is 36.9 Å². The highest BCUT2D eigenvalue weighted by molar-refractivity contribution is 6.30. The van der Waals surface area contributed by atoms with Crippen molar-refractivity contribution in [3.63, 3.8) is 0 Å². The third-order valence-corrected chi connectivity index (χ3v) is 3.68. The van der Waals surface area contributed by atoms with Crippen LogP contribution in [-0.4, -0.2) is 6.54 Å². The zero-order valence-electron chi connectivity index (χ0n) is 11.9. The molecule has 1 unspecified atom stereocenters. The van der Waals surface area contributed by atoms with Crippen LogP contribution in [0.2, 0.25) is 5.02 Å². The number of rotatable bonds is 5. The van der Waals surface area contributed by atoms with Crippen LogP contribution in [0.25, 0.3) is 0 Å². The third kappa shape index (κ3) is 3.75. The van der Waals surface area contributed by atoms with E-state index in [0.29, 0.717) is 12.5 Å². The van der Waals surface area contributed by atoms with Crippen LogP contribution < -0.4 is 11.1 Å². The number of hydrogen-bond donors (Lipinski definition) is 2. The predicted molar refractivity (Wildman–Crippen MR) is 87.4 cm³/mol. The summed E-state index contributed by atoms with van der Waals surface area (Å²) in [5, 5.41) is 4.17. The summed E-state index contributed by atoms with van der Waals surface area (Å²) < 4.78 is 0. The summed E-state index contributed by atoms with van der Waals surface area (Å²) in [6.07, 6.45) is 0. The van der Waals surface area contributed by atoms with E-state index in [4.69, 9.17) is 17.3 Å². The van der Waals surface area contributed by atoms with Crippen LogP contribution in [-0.2, 0) is 0 Å². The van der Waals surface area contributed by atoms with Gasteiger partial charge < -0.3 is 11.1 Å². The molecule has 0 aliphatic carbocycles. The quantitative estimate of drug-likeness (QED) is 0.845. The molecule has 2 nitrogen and oxygen atoms in total. The molecule has 0 aromatic heterocycles. The number of nitrogens with two attached hydrogens (primary N) is 1. The molecular formula is C17H21ClN2. The van der Waals surface area contributed by atoms with Crippen molar-refractivity contribution in [2.45, 2.75) is 25.8 Å². The SMILES string of the molecule is CC(C)c1ccc(C(CN)Nc2ccc(Cl)cc2)cc1. The molecule has 0 amide bonds. The molecule has 2 aromatic carbocycles. The van der Waals surface area contributed by atoms with Gasteiger partial charge in [0.15, 0.2) is 0 Å². The Morgan fingerprint density at radius 3 is 2.00 bits per heavy atom. The molecule has 1 atom stereocenters. The van der Waals surface area contributed by atoms with E-state index in [2.05, 4.69) is 43.4 Å². The number of nitrogens with one attached hydrogen (secondary N) is 1. The average molecular weight is 289 g/mol. The van der Waals surface area contributed by atoms with E-state index in [0.717, 1.165) is 10.7 Å². The molecule has 20 heavy (non-hydrogen) atoms. The summed E-state index contributed by atoms with van der Waals surface area (Å²) >= 11 is 5.89. The molecule has 2 aromatic rings. The van der Waals surface area contributed by atoms with Gasteiger partial charge in [0.05, 0.1) is 6.04 Å². The van der Waals surface area contributed by atoms with Gasteiger partial charge >= 0.3 is 0 Å². The van der Waals surface area contributed by atoms with Gasteiger partial charge in [0.25, 0.3) is 0 Å². The van der Waals surface area contributed by atoms with E-state index in [1.807, 2.05) is 24.3 Å². The van der Waals surface area contributed by atoms with Crippen LogP contribution in [0.4, 0.5) is 5.69 Å². The molecule has 3 N–H and O–H groups in total. The van der Waals surface area contributed by atoms with Gasteiger partial charge in [-0.2, -0.15) is 0 Å². The van der Waals surface area contributed by atoms with E-state index in [1.54, 1.807) is 0 Å². The fourth-order valence-electron chi connectivity index (χ4n) is 2.14. The molecule has 0 heterocycles. The second kappa shape index (κ2) is 6.78. The Bertz CT molecular complexity index is 532. The van der Waals surface area contributed by atoms with Crippen molar-refractivity contribution in [2.24, 2.45) is 5.73 Å². The minimum Gasteiger partial charge on any atom is -0.377 e. The third-order valence-electron chi connectivity index (χ3n) is 3.43. The van der Waals surface area contributed by atoms with Gasteiger partial charge in [-0.1, -0.05) is 49.7 Å². The maximum atomic E-state index is 5.89. The van der Waals surface area contributed by atoms with Gasteiger partial charge in [0.2, 0.25) is 0 Å². The lowest BCUT2D eigenvalue weighted by Gasteiger charge is -2.19. The highest BCUT2D eigenvalue weighted by Gasteiger charge is 2.10. The fourth-order valence-corrected chi connectivity index (χ4v) is 2.26. The Hall–Kier alpha value is -1.51. The normalized spacial score (nSPS) is 12.4. The molecule has 3 heteroatoms. The predicted octanol–water partition coefficient (Wildman–Crippen LogP) is 4.58.